The number of anilines is 1. The predicted octanol–water partition coefficient (Wildman–Crippen LogP) is 4.76. The van der Waals surface area contributed by atoms with Gasteiger partial charge in [0, 0.05) is 16.1 Å². The van der Waals surface area contributed by atoms with E-state index >= 15 is 0 Å². The first-order valence-electron chi connectivity index (χ1n) is 10.3. The molecule has 3 aromatic rings. The number of nitrogens with zero attached hydrogens (tertiary/aromatic N) is 1. The highest BCUT2D eigenvalue weighted by molar-refractivity contribution is 7.10. The van der Waals surface area contributed by atoms with Crippen LogP contribution in [0.3, 0.4) is 0 Å². The molecule has 7 heteroatoms. The van der Waals surface area contributed by atoms with Crippen molar-refractivity contribution in [1.82, 2.24) is 0 Å². The molecular formula is C25H21NO5S. The van der Waals surface area contributed by atoms with Crippen LogP contribution in [0, 0.1) is 13.8 Å². The van der Waals surface area contributed by atoms with E-state index in [1.807, 2.05) is 49.6 Å². The fraction of sp³-hybridized carbons (Fsp3) is 0.200. The van der Waals surface area contributed by atoms with Crippen molar-refractivity contribution in [3.8, 4) is 11.5 Å². The number of ether oxygens (including phenoxy) is 2. The summed E-state index contributed by atoms with van der Waals surface area (Å²) < 4.78 is 11.2. The number of fused-ring (bicyclic) bond motifs is 1. The number of hydrogen-bond acceptors (Lipinski definition) is 6. The number of thiophene rings is 1. The van der Waals surface area contributed by atoms with Gasteiger partial charge >= 0.3 is 0 Å². The number of aliphatic hydroxyl groups is 1. The smallest absolute Gasteiger partial charge is 0.300 e. The Balaban J connectivity index is 1.68. The highest BCUT2D eigenvalue weighted by atomic mass is 32.1. The van der Waals surface area contributed by atoms with Crippen LogP contribution in [0.15, 0.2) is 59.5 Å². The molecule has 2 aliphatic rings. The van der Waals surface area contributed by atoms with Gasteiger partial charge in [0.15, 0.2) is 11.5 Å². The zero-order valence-corrected chi connectivity index (χ0v) is 18.4. The quantitative estimate of drug-likeness (QED) is 0.356. The van der Waals surface area contributed by atoms with Gasteiger partial charge in [0.05, 0.1) is 5.57 Å². The second-order valence-corrected chi connectivity index (χ2v) is 8.87. The lowest BCUT2D eigenvalue weighted by molar-refractivity contribution is -0.132. The first-order valence-corrected chi connectivity index (χ1v) is 11.1. The SMILES string of the molecule is Cc1cc(C)cc(N2C(=O)C(=O)/C(=C(\O)c3ccc4c(c3)OCCO4)C2c2cccs2)c1. The Kier molecular flexibility index (Phi) is 4.98. The molecular weight excluding hydrogens is 426 g/mol. The molecule has 1 saturated heterocycles. The number of aryl methyl sites for hydroxylation is 2. The Morgan fingerprint density at radius 2 is 1.72 bits per heavy atom. The van der Waals surface area contributed by atoms with Gasteiger partial charge in [-0.2, -0.15) is 0 Å². The summed E-state index contributed by atoms with van der Waals surface area (Å²) in [6, 6.07) is 13.8. The molecule has 32 heavy (non-hydrogen) atoms. The summed E-state index contributed by atoms with van der Waals surface area (Å²) in [6.45, 7) is 4.76. The molecule has 1 fully saturated rings. The van der Waals surface area contributed by atoms with Crippen LogP contribution in [0.5, 0.6) is 11.5 Å². The van der Waals surface area contributed by atoms with E-state index in [0.717, 1.165) is 16.0 Å². The molecule has 0 bridgehead atoms. The maximum Gasteiger partial charge on any atom is 0.300 e. The number of benzene rings is 2. The summed E-state index contributed by atoms with van der Waals surface area (Å²) in [5, 5.41) is 13.1. The summed E-state index contributed by atoms with van der Waals surface area (Å²) in [6.07, 6.45) is 0. The number of carbonyl (C=O) groups excluding carboxylic acids is 2. The van der Waals surface area contributed by atoms with Gasteiger partial charge in [0.1, 0.15) is 25.0 Å². The predicted molar refractivity (Wildman–Crippen MR) is 122 cm³/mol. The van der Waals surface area contributed by atoms with Crippen LogP contribution in [0.2, 0.25) is 0 Å². The summed E-state index contributed by atoms with van der Waals surface area (Å²) in [5.74, 6) is -0.525. The number of carbonyl (C=O) groups is 2. The van der Waals surface area contributed by atoms with Crippen LogP contribution < -0.4 is 14.4 Å². The van der Waals surface area contributed by atoms with Gasteiger partial charge in [-0.05, 0) is 66.8 Å². The van der Waals surface area contributed by atoms with Crippen molar-refractivity contribution in [3.63, 3.8) is 0 Å². The molecule has 1 aromatic heterocycles. The molecule has 3 heterocycles. The zero-order valence-electron chi connectivity index (χ0n) is 17.6. The van der Waals surface area contributed by atoms with Crippen LogP contribution in [0.25, 0.3) is 5.76 Å². The normalized spacial score (nSPS) is 19.4. The molecule has 1 unspecified atom stereocenters. The maximum absolute atomic E-state index is 13.2. The second kappa shape index (κ2) is 7.84. The Hall–Kier alpha value is -3.58. The third-order valence-electron chi connectivity index (χ3n) is 5.56. The third-order valence-corrected chi connectivity index (χ3v) is 6.48. The number of ketones is 1. The monoisotopic (exact) mass is 447 g/mol. The standard InChI is InChI=1S/C25H21NO5S/c1-14-10-15(2)12-17(11-14)26-22(20-4-3-9-32-20)21(24(28)25(26)29)23(27)16-5-6-18-19(13-16)31-8-7-30-18/h3-6,9-13,22,27H,7-8H2,1-2H3/b23-21-. The van der Waals surface area contributed by atoms with Gasteiger partial charge in [0.25, 0.3) is 11.7 Å². The third kappa shape index (κ3) is 3.35. The first kappa shape index (κ1) is 20.3. The van der Waals surface area contributed by atoms with Crippen LogP contribution in [-0.2, 0) is 9.59 Å². The van der Waals surface area contributed by atoms with E-state index in [0.29, 0.717) is 36.0 Å². The Morgan fingerprint density at radius 1 is 1.00 bits per heavy atom. The molecule has 0 radical (unpaired) electrons. The van der Waals surface area contributed by atoms with Crippen LogP contribution in [-0.4, -0.2) is 30.0 Å². The van der Waals surface area contributed by atoms with E-state index in [9.17, 15) is 14.7 Å². The number of hydrogen-bond donors (Lipinski definition) is 1. The molecule has 162 valence electrons. The van der Waals surface area contributed by atoms with Gasteiger partial charge in [-0.15, -0.1) is 11.3 Å². The number of aliphatic hydroxyl groups excluding tert-OH is 1. The van der Waals surface area contributed by atoms with Gasteiger partial charge in [-0.25, -0.2) is 0 Å². The van der Waals surface area contributed by atoms with Crippen molar-refractivity contribution in [1.29, 1.82) is 0 Å². The van der Waals surface area contributed by atoms with Crippen LogP contribution in [0.1, 0.15) is 27.6 Å². The number of Topliss-reactive ketones (excluding diaryl/α,β-unsaturated/α-hetero) is 1. The van der Waals surface area contributed by atoms with E-state index in [2.05, 4.69) is 0 Å². The summed E-state index contributed by atoms with van der Waals surface area (Å²) in [7, 11) is 0. The van der Waals surface area contributed by atoms with Gasteiger partial charge < -0.3 is 14.6 Å². The highest BCUT2D eigenvalue weighted by Crippen LogP contribution is 2.44. The summed E-state index contributed by atoms with van der Waals surface area (Å²) >= 11 is 1.43. The minimum atomic E-state index is -0.718. The summed E-state index contributed by atoms with van der Waals surface area (Å²) in [4.78, 5) is 28.7. The molecule has 0 spiro atoms. The second-order valence-electron chi connectivity index (χ2n) is 7.89. The molecule has 0 aliphatic carbocycles. The van der Waals surface area contributed by atoms with E-state index in [4.69, 9.17) is 9.47 Å². The Bertz CT molecular complexity index is 1240. The molecule has 1 atom stereocenters. The first-order chi connectivity index (χ1) is 15.4. The lowest BCUT2D eigenvalue weighted by Crippen LogP contribution is -2.29. The van der Waals surface area contributed by atoms with Crippen LogP contribution in [0.4, 0.5) is 5.69 Å². The Labute approximate surface area is 189 Å². The van der Waals surface area contributed by atoms with Crippen molar-refractivity contribution in [2.45, 2.75) is 19.9 Å². The lowest BCUT2D eigenvalue weighted by atomic mass is 9.99. The average Bonchev–Trinajstić information content (AvgIpc) is 3.39. The van der Waals surface area contributed by atoms with Gasteiger partial charge in [-0.3, -0.25) is 14.5 Å². The molecule has 2 aliphatic heterocycles. The fourth-order valence-electron chi connectivity index (χ4n) is 4.25. The molecule has 6 nitrogen and oxygen atoms in total. The molecule has 0 saturated carbocycles. The lowest BCUT2D eigenvalue weighted by Gasteiger charge is -2.25. The van der Waals surface area contributed by atoms with E-state index in [-0.39, 0.29) is 11.3 Å². The number of rotatable bonds is 3. The largest absolute Gasteiger partial charge is 0.507 e. The molecule has 1 N–H and O–H groups in total. The van der Waals surface area contributed by atoms with Crippen molar-refractivity contribution >= 4 is 34.5 Å². The van der Waals surface area contributed by atoms with Gasteiger partial charge in [-0.1, -0.05) is 12.1 Å². The van der Waals surface area contributed by atoms with E-state index in [1.165, 1.54) is 16.2 Å². The van der Waals surface area contributed by atoms with E-state index in [1.54, 1.807) is 18.2 Å². The fourth-order valence-corrected chi connectivity index (χ4v) is 5.07. The van der Waals surface area contributed by atoms with Crippen molar-refractivity contribution in [3.05, 3.63) is 81.1 Å². The van der Waals surface area contributed by atoms with E-state index < -0.39 is 17.7 Å². The van der Waals surface area contributed by atoms with Crippen molar-refractivity contribution in [2.24, 2.45) is 0 Å². The minimum Gasteiger partial charge on any atom is -0.507 e. The molecule has 2 aromatic carbocycles. The summed E-state index contributed by atoms with van der Waals surface area (Å²) in [5.41, 5.74) is 3.06. The van der Waals surface area contributed by atoms with Crippen molar-refractivity contribution in [2.75, 3.05) is 18.1 Å². The molecule has 5 rings (SSSR count). The minimum absolute atomic E-state index is 0.0632. The van der Waals surface area contributed by atoms with Crippen LogP contribution >= 0.6 is 11.3 Å². The molecule has 1 amide bonds. The number of amides is 1. The zero-order chi connectivity index (χ0) is 22.4. The van der Waals surface area contributed by atoms with Gasteiger partial charge in [0.2, 0.25) is 0 Å². The maximum atomic E-state index is 13.2. The highest BCUT2D eigenvalue weighted by Gasteiger charge is 2.47. The van der Waals surface area contributed by atoms with Crippen molar-refractivity contribution < 1.29 is 24.2 Å². The average molecular weight is 448 g/mol. The topological polar surface area (TPSA) is 76.1 Å². The Morgan fingerprint density at radius 3 is 2.41 bits per heavy atom.